The molecule has 0 unspecified atom stereocenters. The van der Waals surface area contributed by atoms with Crippen LogP contribution in [0.3, 0.4) is 0 Å². The molecule has 0 amide bonds. The van der Waals surface area contributed by atoms with Crippen LogP contribution in [0.1, 0.15) is 16.1 Å². The van der Waals surface area contributed by atoms with Gasteiger partial charge < -0.3 is 14.1 Å². The third-order valence-corrected chi connectivity index (χ3v) is 2.46. The van der Waals surface area contributed by atoms with E-state index >= 15 is 0 Å². The first kappa shape index (κ1) is 11.7. The fraction of sp³-hybridized carbons (Fsp3) is 0.308. The Morgan fingerprint density at radius 3 is 2.76 bits per heavy atom. The van der Waals surface area contributed by atoms with E-state index in [-0.39, 0.29) is 5.97 Å². The summed E-state index contributed by atoms with van der Waals surface area (Å²) in [7, 11) is 5.33. The van der Waals surface area contributed by atoms with Gasteiger partial charge >= 0.3 is 5.97 Å². The Labute approximate surface area is 99.8 Å². The standard InChI is InChI=1S/C13H15NO3/c1-14(2)8-11-7-10-6-9(13(15)16-3)4-5-12(10)17-11/h4-7H,8H2,1-3H3. The van der Waals surface area contributed by atoms with Gasteiger partial charge in [-0.2, -0.15) is 0 Å². The van der Waals surface area contributed by atoms with Crippen LogP contribution in [0.4, 0.5) is 0 Å². The SMILES string of the molecule is COC(=O)c1ccc2oc(CN(C)C)cc2c1. The summed E-state index contributed by atoms with van der Waals surface area (Å²) in [5.41, 5.74) is 1.33. The Morgan fingerprint density at radius 1 is 1.35 bits per heavy atom. The van der Waals surface area contributed by atoms with Crippen molar-refractivity contribution in [1.29, 1.82) is 0 Å². The lowest BCUT2D eigenvalue weighted by Gasteiger charge is -2.04. The lowest BCUT2D eigenvalue weighted by atomic mass is 10.1. The zero-order valence-electron chi connectivity index (χ0n) is 10.2. The normalized spacial score (nSPS) is 11.1. The molecule has 0 radical (unpaired) electrons. The van der Waals surface area contributed by atoms with Gasteiger partial charge in [-0.1, -0.05) is 0 Å². The van der Waals surface area contributed by atoms with E-state index in [1.54, 1.807) is 18.2 Å². The third kappa shape index (κ3) is 2.47. The van der Waals surface area contributed by atoms with Crippen LogP contribution in [0.5, 0.6) is 0 Å². The summed E-state index contributed by atoms with van der Waals surface area (Å²) in [4.78, 5) is 13.4. The highest BCUT2D eigenvalue weighted by molar-refractivity contribution is 5.94. The molecule has 0 bridgehead atoms. The Bertz CT molecular complexity index is 543. The van der Waals surface area contributed by atoms with Crippen LogP contribution in [-0.2, 0) is 11.3 Å². The molecule has 0 fully saturated rings. The van der Waals surface area contributed by atoms with Crippen molar-refractivity contribution in [3.63, 3.8) is 0 Å². The monoisotopic (exact) mass is 233 g/mol. The van der Waals surface area contributed by atoms with E-state index in [4.69, 9.17) is 4.42 Å². The molecule has 0 atom stereocenters. The number of benzene rings is 1. The van der Waals surface area contributed by atoms with Crippen molar-refractivity contribution in [3.05, 3.63) is 35.6 Å². The molecule has 0 aliphatic carbocycles. The van der Waals surface area contributed by atoms with Gasteiger partial charge in [0.15, 0.2) is 0 Å². The first-order valence-electron chi connectivity index (χ1n) is 5.35. The minimum atomic E-state index is -0.331. The minimum Gasteiger partial charge on any atom is -0.465 e. The smallest absolute Gasteiger partial charge is 0.337 e. The van der Waals surface area contributed by atoms with Crippen molar-refractivity contribution in [2.75, 3.05) is 21.2 Å². The molecular formula is C13H15NO3. The Kier molecular flexibility index (Phi) is 3.15. The maximum atomic E-state index is 11.4. The molecule has 0 aliphatic rings. The molecule has 1 heterocycles. The summed E-state index contributed by atoms with van der Waals surface area (Å²) in [6.45, 7) is 0.738. The van der Waals surface area contributed by atoms with E-state index in [2.05, 4.69) is 4.74 Å². The van der Waals surface area contributed by atoms with Gasteiger partial charge in [-0.3, -0.25) is 0 Å². The number of carbonyl (C=O) groups is 1. The van der Waals surface area contributed by atoms with Crippen molar-refractivity contribution in [2.45, 2.75) is 6.54 Å². The topological polar surface area (TPSA) is 42.7 Å². The molecule has 0 saturated carbocycles. The number of ether oxygens (including phenoxy) is 1. The molecule has 4 heteroatoms. The van der Waals surface area contributed by atoms with Crippen molar-refractivity contribution < 1.29 is 13.9 Å². The van der Waals surface area contributed by atoms with Crippen molar-refractivity contribution >= 4 is 16.9 Å². The van der Waals surface area contributed by atoms with Crippen LogP contribution in [0, 0.1) is 0 Å². The van der Waals surface area contributed by atoms with E-state index in [0.717, 1.165) is 23.3 Å². The minimum absolute atomic E-state index is 0.331. The largest absolute Gasteiger partial charge is 0.465 e. The van der Waals surface area contributed by atoms with Crippen LogP contribution in [0.15, 0.2) is 28.7 Å². The maximum absolute atomic E-state index is 11.4. The maximum Gasteiger partial charge on any atom is 0.337 e. The van der Waals surface area contributed by atoms with Gasteiger partial charge in [-0.15, -0.1) is 0 Å². The molecule has 17 heavy (non-hydrogen) atoms. The lowest BCUT2D eigenvalue weighted by Crippen LogP contribution is -2.09. The third-order valence-electron chi connectivity index (χ3n) is 2.46. The number of hydrogen-bond acceptors (Lipinski definition) is 4. The lowest BCUT2D eigenvalue weighted by molar-refractivity contribution is 0.0601. The molecule has 0 saturated heterocycles. The summed E-state index contributed by atoms with van der Waals surface area (Å²) in [5, 5.41) is 0.921. The second-order valence-corrected chi connectivity index (χ2v) is 4.19. The highest BCUT2D eigenvalue weighted by Crippen LogP contribution is 2.21. The highest BCUT2D eigenvalue weighted by atomic mass is 16.5. The van der Waals surface area contributed by atoms with Gasteiger partial charge in [-0.05, 0) is 38.4 Å². The first-order valence-corrected chi connectivity index (χ1v) is 5.35. The van der Waals surface area contributed by atoms with E-state index in [9.17, 15) is 4.79 Å². The predicted molar refractivity (Wildman–Crippen MR) is 64.9 cm³/mol. The Hall–Kier alpha value is -1.81. The van der Waals surface area contributed by atoms with Crippen molar-refractivity contribution in [1.82, 2.24) is 4.90 Å². The predicted octanol–water partition coefficient (Wildman–Crippen LogP) is 2.28. The van der Waals surface area contributed by atoms with Crippen LogP contribution < -0.4 is 0 Å². The van der Waals surface area contributed by atoms with E-state index in [0.29, 0.717) is 5.56 Å². The molecule has 2 aromatic rings. The molecule has 1 aromatic heterocycles. The number of methoxy groups -OCH3 is 1. The second-order valence-electron chi connectivity index (χ2n) is 4.19. The number of furan rings is 1. The molecule has 0 spiro atoms. The summed E-state index contributed by atoms with van der Waals surface area (Å²) in [6, 6.07) is 7.23. The van der Waals surface area contributed by atoms with Crippen LogP contribution in [0.2, 0.25) is 0 Å². The average molecular weight is 233 g/mol. The number of esters is 1. The van der Waals surface area contributed by atoms with Crippen molar-refractivity contribution in [2.24, 2.45) is 0 Å². The van der Waals surface area contributed by atoms with Gasteiger partial charge in [0.25, 0.3) is 0 Å². The van der Waals surface area contributed by atoms with Crippen LogP contribution >= 0.6 is 0 Å². The summed E-state index contributed by atoms with van der Waals surface area (Å²) >= 11 is 0. The number of hydrogen-bond donors (Lipinski definition) is 0. The van der Waals surface area contributed by atoms with E-state index in [1.807, 2.05) is 25.1 Å². The van der Waals surface area contributed by atoms with Gasteiger partial charge in [0.2, 0.25) is 0 Å². The fourth-order valence-electron chi connectivity index (χ4n) is 1.73. The average Bonchev–Trinajstić information content (AvgIpc) is 2.67. The molecule has 4 nitrogen and oxygen atoms in total. The Morgan fingerprint density at radius 2 is 2.12 bits per heavy atom. The number of fused-ring (bicyclic) bond motifs is 1. The number of nitrogens with zero attached hydrogens (tertiary/aromatic N) is 1. The summed E-state index contributed by atoms with van der Waals surface area (Å²) < 4.78 is 10.3. The van der Waals surface area contributed by atoms with Crippen molar-refractivity contribution in [3.8, 4) is 0 Å². The molecule has 90 valence electrons. The van der Waals surface area contributed by atoms with Gasteiger partial charge in [0, 0.05) is 5.39 Å². The molecule has 2 rings (SSSR count). The molecule has 0 N–H and O–H groups in total. The highest BCUT2D eigenvalue weighted by Gasteiger charge is 2.09. The van der Waals surface area contributed by atoms with Gasteiger partial charge in [0.1, 0.15) is 11.3 Å². The first-order chi connectivity index (χ1) is 8.10. The van der Waals surface area contributed by atoms with Gasteiger partial charge in [-0.25, -0.2) is 4.79 Å². The summed E-state index contributed by atoms with van der Waals surface area (Å²) in [6.07, 6.45) is 0. The molecule has 1 aromatic carbocycles. The quantitative estimate of drug-likeness (QED) is 0.763. The number of carbonyl (C=O) groups excluding carboxylic acids is 1. The van der Waals surface area contributed by atoms with Gasteiger partial charge in [0.05, 0.1) is 19.2 Å². The molecule has 0 aliphatic heterocycles. The summed E-state index contributed by atoms with van der Waals surface area (Å²) in [5.74, 6) is 0.550. The zero-order chi connectivity index (χ0) is 12.4. The Balaban J connectivity index is 2.37. The number of rotatable bonds is 3. The van der Waals surface area contributed by atoms with Crippen LogP contribution in [-0.4, -0.2) is 32.1 Å². The van der Waals surface area contributed by atoms with Crippen LogP contribution in [0.25, 0.3) is 11.0 Å². The fourth-order valence-corrected chi connectivity index (χ4v) is 1.73. The molecular weight excluding hydrogens is 218 g/mol. The van der Waals surface area contributed by atoms with E-state index in [1.165, 1.54) is 7.11 Å². The zero-order valence-corrected chi connectivity index (χ0v) is 10.2. The second kappa shape index (κ2) is 4.59. The van der Waals surface area contributed by atoms with E-state index < -0.39 is 0 Å².